The second-order valence-corrected chi connectivity index (χ2v) is 6.34. The molecule has 1 aromatic heterocycles. The van der Waals surface area contributed by atoms with Crippen LogP contribution in [0.15, 0.2) is 9.59 Å². The molecule has 2 rings (SSSR count). The third-order valence-corrected chi connectivity index (χ3v) is 4.65. The van der Waals surface area contributed by atoms with E-state index in [4.69, 9.17) is 11.6 Å². The Morgan fingerprint density at radius 3 is 2.57 bits per heavy atom. The van der Waals surface area contributed by atoms with E-state index in [2.05, 4.69) is 16.9 Å². The Morgan fingerprint density at radius 2 is 1.95 bits per heavy atom. The van der Waals surface area contributed by atoms with Gasteiger partial charge in [0.05, 0.1) is 5.56 Å². The summed E-state index contributed by atoms with van der Waals surface area (Å²) in [6, 6.07) is 0. The molecule has 0 amide bonds. The number of rotatable bonds is 5. The number of aromatic nitrogens is 2. The van der Waals surface area contributed by atoms with Gasteiger partial charge in [-0.3, -0.25) is 14.3 Å². The zero-order chi connectivity index (χ0) is 15.4. The molecule has 0 bridgehead atoms. The number of hydrogen-bond acceptors (Lipinski definition) is 3. The van der Waals surface area contributed by atoms with Gasteiger partial charge in [-0.2, -0.15) is 0 Å². The molecule has 0 aliphatic carbocycles. The molecule has 0 saturated carbocycles. The van der Waals surface area contributed by atoms with Crippen molar-refractivity contribution in [3.05, 3.63) is 31.6 Å². The van der Waals surface area contributed by atoms with E-state index in [1.54, 1.807) is 0 Å². The highest BCUT2D eigenvalue weighted by Gasteiger charge is 2.18. The van der Waals surface area contributed by atoms with E-state index in [1.807, 2.05) is 6.92 Å². The highest BCUT2D eigenvalue weighted by molar-refractivity contribution is 6.30. The molecule has 1 saturated heterocycles. The van der Waals surface area contributed by atoms with E-state index >= 15 is 0 Å². The lowest BCUT2D eigenvalue weighted by atomic mass is 9.94. The summed E-state index contributed by atoms with van der Waals surface area (Å²) in [6.45, 7) is 4.66. The van der Waals surface area contributed by atoms with Gasteiger partial charge in [0, 0.05) is 6.54 Å². The number of hydrogen-bond donors (Lipinski definition) is 1. The van der Waals surface area contributed by atoms with Crippen molar-refractivity contribution in [2.24, 2.45) is 5.92 Å². The molecular formula is C15H24ClN3O2. The summed E-state index contributed by atoms with van der Waals surface area (Å²) in [5.74, 6) is 0.595. The zero-order valence-electron chi connectivity index (χ0n) is 12.8. The molecule has 1 aromatic rings. The molecule has 21 heavy (non-hydrogen) atoms. The smallest absolute Gasteiger partial charge is 0.306 e. The van der Waals surface area contributed by atoms with Crippen LogP contribution in [0, 0.1) is 5.92 Å². The minimum absolute atomic E-state index is 0.197. The fourth-order valence-corrected chi connectivity index (χ4v) is 3.17. The van der Waals surface area contributed by atoms with E-state index in [0.29, 0.717) is 24.4 Å². The standard InChI is InChI=1S/C15H24ClN3O2/c1-3-4-12-13(16)17-15(21)19(14(12)20)10-7-11-5-8-18(2)9-6-11/h11H,3-10H2,1-2H3,(H,17,21). The number of piperidine rings is 1. The molecule has 0 radical (unpaired) electrons. The van der Waals surface area contributed by atoms with Crippen molar-refractivity contribution in [1.29, 1.82) is 0 Å². The Bertz CT molecular complexity index is 586. The Kier molecular flexibility index (Phi) is 5.65. The number of likely N-dealkylation sites (tertiary alicyclic amines) is 1. The first-order valence-electron chi connectivity index (χ1n) is 7.73. The number of aromatic amines is 1. The van der Waals surface area contributed by atoms with E-state index in [0.717, 1.165) is 38.8 Å². The molecule has 0 spiro atoms. The molecule has 1 fully saturated rings. The number of H-pyrrole nitrogens is 1. The Hall–Kier alpha value is -1.07. The van der Waals surface area contributed by atoms with E-state index < -0.39 is 5.69 Å². The summed E-state index contributed by atoms with van der Waals surface area (Å²) in [5.41, 5.74) is -0.0848. The van der Waals surface area contributed by atoms with Crippen molar-refractivity contribution >= 4 is 11.6 Å². The van der Waals surface area contributed by atoms with E-state index in [-0.39, 0.29) is 10.7 Å². The monoisotopic (exact) mass is 313 g/mol. The molecule has 1 N–H and O–H groups in total. The molecule has 1 aliphatic rings. The predicted octanol–water partition coefficient (Wildman–Crippen LogP) is 1.87. The van der Waals surface area contributed by atoms with Crippen LogP contribution in [0.4, 0.5) is 0 Å². The summed E-state index contributed by atoms with van der Waals surface area (Å²) < 4.78 is 1.31. The summed E-state index contributed by atoms with van der Waals surface area (Å²) in [4.78, 5) is 29.2. The predicted molar refractivity (Wildman–Crippen MR) is 85.2 cm³/mol. The van der Waals surface area contributed by atoms with Crippen LogP contribution >= 0.6 is 11.6 Å². The maximum Gasteiger partial charge on any atom is 0.329 e. The van der Waals surface area contributed by atoms with Crippen molar-refractivity contribution < 1.29 is 0 Å². The van der Waals surface area contributed by atoms with Gasteiger partial charge in [0.15, 0.2) is 0 Å². The molecule has 1 aliphatic heterocycles. The van der Waals surface area contributed by atoms with Gasteiger partial charge in [-0.1, -0.05) is 24.9 Å². The molecule has 0 unspecified atom stereocenters. The van der Waals surface area contributed by atoms with E-state index in [1.165, 1.54) is 4.57 Å². The molecule has 118 valence electrons. The van der Waals surface area contributed by atoms with Crippen LogP contribution in [-0.4, -0.2) is 34.6 Å². The van der Waals surface area contributed by atoms with Crippen molar-refractivity contribution in [3.63, 3.8) is 0 Å². The second kappa shape index (κ2) is 7.27. The van der Waals surface area contributed by atoms with Crippen LogP contribution in [0.25, 0.3) is 0 Å². The molecular weight excluding hydrogens is 290 g/mol. The normalized spacial score (nSPS) is 17.3. The zero-order valence-corrected chi connectivity index (χ0v) is 13.6. The van der Waals surface area contributed by atoms with Crippen molar-refractivity contribution in [1.82, 2.24) is 14.5 Å². The van der Waals surface area contributed by atoms with Gasteiger partial charge >= 0.3 is 5.69 Å². The first-order valence-corrected chi connectivity index (χ1v) is 8.10. The fourth-order valence-electron chi connectivity index (χ4n) is 2.92. The van der Waals surface area contributed by atoms with Gasteiger partial charge in [0.1, 0.15) is 5.15 Å². The topological polar surface area (TPSA) is 58.1 Å². The Morgan fingerprint density at radius 1 is 1.29 bits per heavy atom. The third kappa shape index (κ3) is 3.98. The molecule has 0 aromatic carbocycles. The minimum atomic E-state index is -0.391. The number of halogens is 1. The largest absolute Gasteiger partial charge is 0.329 e. The highest BCUT2D eigenvalue weighted by Crippen LogP contribution is 2.19. The quantitative estimate of drug-likeness (QED) is 0.844. The summed E-state index contributed by atoms with van der Waals surface area (Å²) in [7, 11) is 2.13. The van der Waals surface area contributed by atoms with Crippen LogP contribution < -0.4 is 11.2 Å². The van der Waals surface area contributed by atoms with Crippen LogP contribution in [0.1, 0.15) is 38.2 Å². The first-order chi connectivity index (χ1) is 10.0. The molecule has 5 nitrogen and oxygen atoms in total. The lowest BCUT2D eigenvalue weighted by Crippen LogP contribution is -2.38. The van der Waals surface area contributed by atoms with Crippen LogP contribution in [0.5, 0.6) is 0 Å². The van der Waals surface area contributed by atoms with Crippen molar-refractivity contribution in [2.75, 3.05) is 20.1 Å². The maximum atomic E-state index is 12.4. The van der Waals surface area contributed by atoms with Crippen molar-refractivity contribution in [3.8, 4) is 0 Å². The average Bonchev–Trinajstić information content (AvgIpc) is 2.45. The number of nitrogens with zero attached hydrogens (tertiary/aromatic N) is 2. The highest BCUT2D eigenvalue weighted by atomic mass is 35.5. The van der Waals surface area contributed by atoms with Gasteiger partial charge in [0.2, 0.25) is 0 Å². The fraction of sp³-hybridized carbons (Fsp3) is 0.733. The summed E-state index contributed by atoms with van der Waals surface area (Å²) in [6.07, 6.45) is 4.58. The lowest BCUT2D eigenvalue weighted by Gasteiger charge is -2.28. The Balaban J connectivity index is 2.11. The van der Waals surface area contributed by atoms with Crippen molar-refractivity contribution in [2.45, 2.75) is 45.6 Å². The first kappa shape index (κ1) is 16.3. The van der Waals surface area contributed by atoms with Crippen LogP contribution in [-0.2, 0) is 13.0 Å². The van der Waals surface area contributed by atoms with Gasteiger partial charge in [-0.25, -0.2) is 4.79 Å². The van der Waals surface area contributed by atoms with Gasteiger partial charge in [-0.15, -0.1) is 0 Å². The summed E-state index contributed by atoms with van der Waals surface area (Å²) >= 11 is 5.98. The molecule has 2 heterocycles. The number of nitrogens with one attached hydrogen (secondary N) is 1. The maximum absolute atomic E-state index is 12.4. The molecule has 0 atom stereocenters. The SMILES string of the molecule is CCCc1c(Cl)[nH]c(=O)n(CCC2CCN(C)CC2)c1=O. The molecule has 6 heteroatoms. The summed E-state index contributed by atoms with van der Waals surface area (Å²) in [5, 5.41) is 0.197. The Labute approximate surface area is 129 Å². The lowest BCUT2D eigenvalue weighted by molar-refractivity contribution is 0.207. The second-order valence-electron chi connectivity index (χ2n) is 5.96. The van der Waals surface area contributed by atoms with E-state index in [9.17, 15) is 9.59 Å². The van der Waals surface area contributed by atoms with Crippen LogP contribution in [0.2, 0.25) is 5.15 Å². The van der Waals surface area contributed by atoms with Gasteiger partial charge in [-0.05, 0) is 51.7 Å². The van der Waals surface area contributed by atoms with Crippen LogP contribution in [0.3, 0.4) is 0 Å². The third-order valence-electron chi connectivity index (χ3n) is 4.33. The van der Waals surface area contributed by atoms with Gasteiger partial charge in [0.25, 0.3) is 5.56 Å². The minimum Gasteiger partial charge on any atom is -0.306 e. The average molecular weight is 314 g/mol. The van der Waals surface area contributed by atoms with Gasteiger partial charge < -0.3 is 4.90 Å².